The molecule has 0 aliphatic carbocycles. The number of hydrogen-bond donors (Lipinski definition) is 0. The van der Waals surface area contributed by atoms with Crippen molar-refractivity contribution < 1.29 is 14.3 Å². The first-order chi connectivity index (χ1) is 13.0. The Balaban J connectivity index is 1.53. The van der Waals surface area contributed by atoms with E-state index in [1.165, 1.54) is 5.56 Å². The monoisotopic (exact) mass is 367 g/mol. The molecular weight excluding hydrogens is 342 g/mol. The second kappa shape index (κ2) is 8.66. The van der Waals surface area contributed by atoms with Crippen LogP contribution < -0.4 is 4.74 Å². The van der Waals surface area contributed by atoms with Crippen molar-refractivity contribution in [1.82, 2.24) is 14.8 Å². The van der Waals surface area contributed by atoms with E-state index in [0.29, 0.717) is 37.5 Å². The second-order valence-electron chi connectivity index (χ2n) is 6.80. The molecule has 6 heteroatoms. The van der Waals surface area contributed by atoms with Gasteiger partial charge in [-0.1, -0.05) is 6.07 Å². The van der Waals surface area contributed by atoms with E-state index in [-0.39, 0.29) is 18.4 Å². The van der Waals surface area contributed by atoms with Crippen LogP contribution in [0.1, 0.15) is 27.9 Å². The first kappa shape index (κ1) is 18.9. The number of ether oxygens (including phenoxy) is 1. The molecule has 2 heterocycles. The number of carbonyl (C=O) groups excluding carboxylic acids is 2. The van der Waals surface area contributed by atoms with E-state index in [1.807, 2.05) is 32.0 Å². The highest BCUT2D eigenvalue weighted by molar-refractivity contribution is 5.94. The summed E-state index contributed by atoms with van der Waals surface area (Å²) in [5.74, 6) is 0.639. The fourth-order valence-corrected chi connectivity index (χ4v) is 3.09. The van der Waals surface area contributed by atoms with Crippen molar-refractivity contribution in [2.24, 2.45) is 0 Å². The summed E-state index contributed by atoms with van der Waals surface area (Å²) in [5.41, 5.74) is 2.96. The van der Waals surface area contributed by atoms with E-state index in [9.17, 15) is 9.59 Å². The molecule has 142 valence electrons. The molecule has 1 aliphatic rings. The zero-order valence-corrected chi connectivity index (χ0v) is 15.9. The molecule has 1 aromatic carbocycles. The Labute approximate surface area is 159 Å². The van der Waals surface area contributed by atoms with Crippen LogP contribution in [0.5, 0.6) is 5.75 Å². The predicted molar refractivity (Wildman–Crippen MR) is 103 cm³/mol. The third kappa shape index (κ3) is 4.84. The van der Waals surface area contributed by atoms with Crippen molar-refractivity contribution in [2.75, 3.05) is 32.8 Å². The maximum atomic E-state index is 12.6. The summed E-state index contributed by atoms with van der Waals surface area (Å²) in [4.78, 5) is 32.6. The molecule has 0 spiro atoms. The van der Waals surface area contributed by atoms with Crippen LogP contribution in [0.3, 0.4) is 0 Å². The van der Waals surface area contributed by atoms with Crippen LogP contribution in [-0.2, 0) is 4.79 Å². The molecule has 0 unspecified atom stereocenters. The fourth-order valence-electron chi connectivity index (χ4n) is 3.09. The van der Waals surface area contributed by atoms with E-state index in [4.69, 9.17) is 4.74 Å². The molecular formula is C21H25N3O3. The Hall–Kier alpha value is -2.89. The third-order valence-corrected chi connectivity index (χ3v) is 4.90. The molecule has 3 rings (SSSR count). The minimum absolute atomic E-state index is 0.0147. The number of rotatable bonds is 4. The molecule has 1 aliphatic heterocycles. The van der Waals surface area contributed by atoms with Crippen LogP contribution in [-0.4, -0.2) is 59.4 Å². The van der Waals surface area contributed by atoms with Crippen LogP contribution >= 0.6 is 0 Å². The Morgan fingerprint density at radius 2 is 1.67 bits per heavy atom. The molecule has 2 aromatic rings. The van der Waals surface area contributed by atoms with Gasteiger partial charge >= 0.3 is 0 Å². The highest BCUT2D eigenvalue weighted by Gasteiger charge is 2.23. The van der Waals surface area contributed by atoms with Gasteiger partial charge in [0.05, 0.1) is 0 Å². The number of hydrogen-bond acceptors (Lipinski definition) is 4. The average molecular weight is 367 g/mol. The second-order valence-corrected chi connectivity index (χ2v) is 6.80. The summed E-state index contributed by atoms with van der Waals surface area (Å²) in [6.45, 7) is 6.40. The maximum Gasteiger partial charge on any atom is 0.260 e. The van der Waals surface area contributed by atoms with Gasteiger partial charge in [-0.2, -0.15) is 0 Å². The van der Waals surface area contributed by atoms with Crippen molar-refractivity contribution in [1.29, 1.82) is 0 Å². The largest absolute Gasteiger partial charge is 0.484 e. The lowest BCUT2D eigenvalue weighted by Crippen LogP contribution is -2.39. The summed E-state index contributed by atoms with van der Waals surface area (Å²) in [7, 11) is 0. The van der Waals surface area contributed by atoms with Gasteiger partial charge in [0.1, 0.15) is 5.75 Å². The molecule has 1 aromatic heterocycles. The van der Waals surface area contributed by atoms with Crippen LogP contribution in [0.4, 0.5) is 0 Å². The summed E-state index contributed by atoms with van der Waals surface area (Å²) in [6, 6.07) is 9.25. The number of aromatic nitrogens is 1. The van der Waals surface area contributed by atoms with Crippen LogP contribution in [0, 0.1) is 13.8 Å². The van der Waals surface area contributed by atoms with Gasteiger partial charge in [0.25, 0.3) is 11.8 Å². The van der Waals surface area contributed by atoms with E-state index in [1.54, 1.807) is 34.3 Å². The maximum absolute atomic E-state index is 12.6. The van der Waals surface area contributed by atoms with Crippen molar-refractivity contribution in [3.8, 4) is 5.75 Å². The predicted octanol–water partition coefficient (Wildman–Crippen LogP) is 2.45. The summed E-state index contributed by atoms with van der Waals surface area (Å²) < 4.78 is 5.66. The normalized spacial score (nSPS) is 14.6. The number of aryl methyl sites for hydroxylation is 2. The minimum Gasteiger partial charge on any atom is -0.484 e. The first-order valence-electron chi connectivity index (χ1n) is 9.22. The average Bonchev–Trinajstić information content (AvgIpc) is 2.95. The van der Waals surface area contributed by atoms with Crippen molar-refractivity contribution in [2.45, 2.75) is 20.3 Å². The third-order valence-electron chi connectivity index (χ3n) is 4.90. The Kier molecular flexibility index (Phi) is 6.06. The number of benzene rings is 1. The number of amides is 2. The molecule has 0 bridgehead atoms. The standard InChI is InChI=1S/C21H25N3O3/c1-16-4-5-19(14-17(16)2)27-15-20(25)23-10-3-11-24(13-12-23)21(26)18-6-8-22-9-7-18/h4-9,14H,3,10-13,15H2,1-2H3. The Bertz CT molecular complexity index is 808. The SMILES string of the molecule is Cc1ccc(OCC(=O)N2CCCN(C(=O)c3ccncc3)CC2)cc1C. The fraction of sp³-hybridized carbons (Fsp3) is 0.381. The molecule has 0 radical (unpaired) electrons. The number of pyridine rings is 1. The molecule has 0 saturated carbocycles. The summed E-state index contributed by atoms with van der Waals surface area (Å²) >= 11 is 0. The van der Waals surface area contributed by atoms with Crippen molar-refractivity contribution >= 4 is 11.8 Å². The van der Waals surface area contributed by atoms with Gasteiger partial charge in [-0.05, 0) is 55.7 Å². The van der Waals surface area contributed by atoms with E-state index in [2.05, 4.69) is 4.98 Å². The minimum atomic E-state index is -0.0496. The molecule has 27 heavy (non-hydrogen) atoms. The summed E-state index contributed by atoms with van der Waals surface area (Å²) in [6.07, 6.45) is 3.99. The van der Waals surface area contributed by atoms with Gasteiger partial charge in [0, 0.05) is 44.1 Å². The molecule has 1 fully saturated rings. The van der Waals surface area contributed by atoms with Crippen molar-refractivity contribution in [3.05, 3.63) is 59.4 Å². The highest BCUT2D eigenvalue weighted by Crippen LogP contribution is 2.16. The lowest BCUT2D eigenvalue weighted by Gasteiger charge is -2.22. The zero-order chi connectivity index (χ0) is 19.2. The lowest BCUT2D eigenvalue weighted by molar-refractivity contribution is -0.133. The molecule has 1 saturated heterocycles. The number of carbonyl (C=O) groups is 2. The quantitative estimate of drug-likeness (QED) is 0.833. The van der Waals surface area contributed by atoms with Crippen LogP contribution in [0.15, 0.2) is 42.7 Å². The van der Waals surface area contributed by atoms with E-state index < -0.39 is 0 Å². The van der Waals surface area contributed by atoms with Gasteiger partial charge < -0.3 is 14.5 Å². The van der Waals surface area contributed by atoms with Gasteiger partial charge in [-0.25, -0.2) is 0 Å². The summed E-state index contributed by atoms with van der Waals surface area (Å²) in [5, 5.41) is 0. The van der Waals surface area contributed by atoms with Crippen LogP contribution in [0.25, 0.3) is 0 Å². The van der Waals surface area contributed by atoms with E-state index in [0.717, 1.165) is 12.0 Å². The lowest BCUT2D eigenvalue weighted by atomic mass is 10.1. The zero-order valence-electron chi connectivity index (χ0n) is 15.9. The highest BCUT2D eigenvalue weighted by atomic mass is 16.5. The molecule has 0 N–H and O–H groups in total. The molecule has 0 atom stereocenters. The van der Waals surface area contributed by atoms with Gasteiger partial charge in [-0.15, -0.1) is 0 Å². The first-order valence-corrected chi connectivity index (χ1v) is 9.22. The number of nitrogens with zero attached hydrogens (tertiary/aromatic N) is 3. The smallest absolute Gasteiger partial charge is 0.260 e. The topological polar surface area (TPSA) is 62.7 Å². The molecule has 6 nitrogen and oxygen atoms in total. The van der Waals surface area contributed by atoms with Crippen LogP contribution in [0.2, 0.25) is 0 Å². The van der Waals surface area contributed by atoms with Gasteiger partial charge in [0.2, 0.25) is 0 Å². The van der Waals surface area contributed by atoms with E-state index >= 15 is 0 Å². The van der Waals surface area contributed by atoms with Crippen molar-refractivity contribution in [3.63, 3.8) is 0 Å². The Morgan fingerprint density at radius 3 is 2.41 bits per heavy atom. The molecule has 2 amide bonds. The Morgan fingerprint density at radius 1 is 0.963 bits per heavy atom. The van der Waals surface area contributed by atoms with Gasteiger partial charge in [0.15, 0.2) is 6.61 Å². The van der Waals surface area contributed by atoms with Gasteiger partial charge in [-0.3, -0.25) is 14.6 Å².